The fourth-order valence-electron chi connectivity index (χ4n) is 3.08. The zero-order valence-corrected chi connectivity index (χ0v) is 14.1. The van der Waals surface area contributed by atoms with Crippen LogP contribution < -0.4 is 15.8 Å². The smallest absolute Gasteiger partial charge is 0.352 e. The SMILES string of the molecule is Cc1nc(OCCN)c([N+](=O)[O-])c(C2CCc3ccccc3NC2)n1. The van der Waals surface area contributed by atoms with Gasteiger partial charge in [0.05, 0.1) is 4.92 Å². The number of aromatic nitrogens is 2. The lowest BCUT2D eigenvalue weighted by Crippen LogP contribution is -2.18. The Hall–Kier alpha value is -2.74. The Morgan fingerprint density at radius 3 is 2.96 bits per heavy atom. The Morgan fingerprint density at radius 1 is 1.40 bits per heavy atom. The van der Waals surface area contributed by atoms with Crippen LogP contribution >= 0.6 is 0 Å². The van der Waals surface area contributed by atoms with Gasteiger partial charge in [-0.1, -0.05) is 18.2 Å². The summed E-state index contributed by atoms with van der Waals surface area (Å²) < 4.78 is 5.41. The quantitative estimate of drug-likeness (QED) is 0.631. The van der Waals surface area contributed by atoms with Crippen LogP contribution in [0.2, 0.25) is 0 Å². The lowest BCUT2D eigenvalue weighted by molar-refractivity contribution is -0.387. The zero-order valence-electron chi connectivity index (χ0n) is 14.1. The molecule has 0 radical (unpaired) electrons. The molecule has 0 saturated carbocycles. The number of fused-ring (bicyclic) bond motifs is 1. The second-order valence-corrected chi connectivity index (χ2v) is 5.98. The summed E-state index contributed by atoms with van der Waals surface area (Å²) in [6.07, 6.45) is 1.59. The highest BCUT2D eigenvalue weighted by Crippen LogP contribution is 2.36. The van der Waals surface area contributed by atoms with Gasteiger partial charge in [-0.25, -0.2) is 4.98 Å². The Morgan fingerprint density at radius 2 is 2.20 bits per heavy atom. The fraction of sp³-hybridized carbons (Fsp3) is 0.412. The summed E-state index contributed by atoms with van der Waals surface area (Å²) in [5.74, 6) is 0.351. The molecule has 0 spiro atoms. The van der Waals surface area contributed by atoms with Crippen molar-refractivity contribution >= 4 is 11.4 Å². The van der Waals surface area contributed by atoms with E-state index in [2.05, 4.69) is 21.4 Å². The van der Waals surface area contributed by atoms with E-state index < -0.39 is 4.92 Å². The van der Waals surface area contributed by atoms with Crippen LogP contribution in [0.1, 0.15) is 29.4 Å². The van der Waals surface area contributed by atoms with Crippen LogP contribution in [-0.2, 0) is 6.42 Å². The summed E-state index contributed by atoms with van der Waals surface area (Å²) in [5, 5.41) is 15.0. The average molecular weight is 343 g/mol. The van der Waals surface area contributed by atoms with Crippen molar-refractivity contribution in [3.05, 3.63) is 51.5 Å². The number of hydrogen-bond acceptors (Lipinski definition) is 7. The van der Waals surface area contributed by atoms with E-state index in [0.29, 0.717) is 18.1 Å². The highest BCUT2D eigenvalue weighted by Gasteiger charge is 2.31. The first-order valence-corrected chi connectivity index (χ1v) is 8.27. The van der Waals surface area contributed by atoms with Crippen LogP contribution in [0.3, 0.4) is 0 Å². The van der Waals surface area contributed by atoms with Crippen molar-refractivity contribution in [3.8, 4) is 5.88 Å². The molecule has 2 aromatic rings. The van der Waals surface area contributed by atoms with E-state index in [4.69, 9.17) is 10.5 Å². The molecule has 3 N–H and O–H groups in total. The van der Waals surface area contributed by atoms with Gasteiger partial charge < -0.3 is 15.8 Å². The van der Waals surface area contributed by atoms with Gasteiger partial charge in [-0.3, -0.25) is 10.1 Å². The lowest BCUT2D eigenvalue weighted by Gasteiger charge is -2.16. The van der Waals surface area contributed by atoms with Gasteiger partial charge in [0, 0.05) is 24.7 Å². The molecular formula is C17H21N5O3. The standard InChI is InChI=1S/C17H21N5O3/c1-11-20-15(16(22(23)24)17(21-11)25-9-8-18)13-7-6-12-4-2-3-5-14(12)19-10-13/h2-5,13,19H,6-10,18H2,1H3. The summed E-state index contributed by atoms with van der Waals surface area (Å²) in [7, 11) is 0. The molecule has 1 aliphatic rings. The number of nitrogens with zero attached hydrogens (tertiary/aromatic N) is 3. The summed E-state index contributed by atoms with van der Waals surface area (Å²) in [5.41, 5.74) is 7.98. The van der Waals surface area contributed by atoms with Gasteiger partial charge >= 0.3 is 5.69 Å². The van der Waals surface area contributed by atoms with Crippen LogP contribution in [0.5, 0.6) is 5.88 Å². The van der Waals surface area contributed by atoms with Gasteiger partial charge in [0.2, 0.25) is 0 Å². The third kappa shape index (κ3) is 3.69. The number of para-hydroxylation sites is 1. The molecule has 8 nitrogen and oxygen atoms in total. The highest BCUT2D eigenvalue weighted by atomic mass is 16.6. The topological polar surface area (TPSA) is 116 Å². The van der Waals surface area contributed by atoms with Crippen LogP contribution in [0.4, 0.5) is 11.4 Å². The largest absolute Gasteiger partial charge is 0.471 e. The van der Waals surface area contributed by atoms with E-state index >= 15 is 0 Å². The second-order valence-electron chi connectivity index (χ2n) is 5.98. The maximum Gasteiger partial charge on any atom is 0.352 e. The molecule has 0 aliphatic carbocycles. The van der Waals surface area contributed by atoms with Crippen molar-refractivity contribution in [2.45, 2.75) is 25.7 Å². The number of benzene rings is 1. The zero-order chi connectivity index (χ0) is 17.8. The minimum Gasteiger partial charge on any atom is -0.471 e. The first-order chi connectivity index (χ1) is 12.1. The van der Waals surface area contributed by atoms with Gasteiger partial charge in [0.1, 0.15) is 18.1 Å². The van der Waals surface area contributed by atoms with Crippen molar-refractivity contribution in [2.24, 2.45) is 5.73 Å². The van der Waals surface area contributed by atoms with Gasteiger partial charge in [-0.05, 0) is 31.4 Å². The molecule has 1 aliphatic heterocycles. The maximum atomic E-state index is 11.7. The molecule has 1 atom stereocenters. The molecule has 1 unspecified atom stereocenters. The van der Waals surface area contributed by atoms with Gasteiger partial charge in [0.15, 0.2) is 0 Å². The van der Waals surface area contributed by atoms with Crippen molar-refractivity contribution in [1.82, 2.24) is 9.97 Å². The number of rotatable bonds is 5. The molecule has 8 heteroatoms. The molecule has 0 amide bonds. The van der Waals surface area contributed by atoms with Crippen molar-refractivity contribution in [3.63, 3.8) is 0 Å². The van der Waals surface area contributed by atoms with Gasteiger partial charge in [0.25, 0.3) is 5.88 Å². The maximum absolute atomic E-state index is 11.7. The predicted molar refractivity (Wildman–Crippen MR) is 94.0 cm³/mol. The molecule has 0 bridgehead atoms. The molecule has 2 heterocycles. The van der Waals surface area contributed by atoms with Gasteiger partial charge in [-0.15, -0.1) is 0 Å². The van der Waals surface area contributed by atoms with Crippen molar-refractivity contribution < 1.29 is 9.66 Å². The number of nitro groups is 1. The first-order valence-electron chi connectivity index (χ1n) is 8.27. The molecule has 3 rings (SSSR count). The number of anilines is 1. The van der Waals surface area contributed by atoms with Crippen LogP contribution in [0.15, 0.2) is 24.3 Å². The third-order valence-electron chi connectivity index (χ3n) is 4.24. The van der Waals surface area contributed by atoms with E-state index in [1.54, 1.807) is 6.92 Å². The number of ether oxygens (including phenoxy) is 1. The van der Waals surface area contributed by atoms with Gasteiger partial charge in [-0.2, -0.15) is 4.98 Å². The monoisotopic (exact) mass is 343 g/mol. The summed E-state index contributed by atoms with van der Waals surface area (Å²) in [6, 6.07) is 8.06. The van der Waals surface area contributed by atoms with E-state index in [9.17, 15) is 10.1 Å². The Labute approximate surface area is 145 Å². The van der Waals surface area contributed by atoms with Crippen LogP contribution in [-0.4, -0.2) is 34.6 Å². The molecule has 25 heavy (non-hydrogen) atoms. The summed E-state index contributed by atoms with van der Waals surface area (Å²) in [4.78, 5) is 19.7. The van der Waals surface area contributed by atoms with Crippen molar-refractivity contribution in [1.29, 1.82) is 0 Å². The summed E-state index contributed by atoms with van der Waals surface area (Å²) in [6.45, 7) is 2.72. The normalized spacial score (nSPS) is 16.5. The minimum atomic E-state index is -0.460. The number of nitrogens with two attached hydrogens (primary N) is 1. The lowest BCUT2D eigenvalue weighted by atomic mass is 9.96. The van der Waals surface area contributed by atoms with Crippen LogP contribution in [0, 0.1) is 17.0 Å². The highest BCUT2D eigenvalue weighted by molar-refractivity contribution is 5.54. The number of hydrogen-bond donors (Lipinski definition) is 2. The average Bonchev–Trinajstić information content (AvgIpc) is 2.81. The predicted octanol–water partition coefficient (Wildman–Crippen LogP) is 2.17. The Kier molecular flexibility index (Phi) is 5.08. The Balaban J connectivity index is 1.96. The van der Waals surface area contributed by atoms with Crippen LogP contribution in [0.25, 0.3) is 0 Å². The molecule has 1 aromatic heterocycles. The van der Waals surface area contributed by atoms with E-state index in [1.807, 2.05) is 18.2 Å². The van der Waals surface area contributed by atoms with E-state index in [-0.39, 0.29) is 30.6 Å². The van der Waals surface area contributed by atoms with E-state index in [1.165, 1.54) is 5.56 Å². The second kappa shape index (κ2) is 7.43. The summed E-state index contributed by atoms with van der Waals surface area (Å²) >= 11 is 0. The fourth-order valence-corrected chi connectivity index (χ4v) is 3.08. The van der Waals surface area contributed by atoms with Crippen molar-refractivity contribution in [2.75, 3.05) is 25.0 Å². The number of aryl methyl sites for hydroxylation is 2. The number of nitrogens with one attached hydrogen (secondary N) is 1. The minimum absolute atomic E-state index is 0.000267. The molecule has 132 valence electrons. The van der Waals surface area contributed by atoms with E-state index in [0.717, 1.165) is 18.5 Å². The third-order valence-corrected chi connectivity index (χ3v) is 4.24. The molecule has 0 fully saturated rings. The molecule has 0 saturated heterocycles. The first kappa shape index (κ1) is 17.1. The molecule has 1 aromatic carbocycles. The molecular weight excluding hydrogens is 322 g/mol. The Bertz CT molecular complexity index is 754.